The van der Waals surface area contributed by atoms with Crippen LogP contribution >= 0.6 is 0 Å². The molecule has 0 aliphatic carbocycles. The third-order valence-electron chi connectivity index (χ3n) is 3.71. The van der Waals surface area contributed by atoms with Gasteiger partial charge in [0.05, 0.1) is 6.54 Å². The Morgan fingerprint density at radius 1 is 0.840 bits per heavy atom. The molecule has 0 saturated heterocycles. The summed E-state index contributed by atoms with van der Waals surface area (Å²) in [5.41, 5.74) is 1.66. The van der Waals surface area contributed by atoms with Gasteiger partial charge in [0, 0.05) is 17.1 Å². The van der Waals surface area contributed by atoms with E-state index >= 15 is 0 Å². The fourth-order valence-electron chi connectivity index (χ4n) is 2.49. The lowest BCUT2D eigenvalue weighted by Crippen LogP contribution is -2.31. The maximum Gasteiger partial charge on any atom is 0.244 e. The van der Waals surface area contributed by atoms with Gasteiger partial charge in [-0.1, -0.05) is 66.7 Å². The van der Waals surface area contributed by atoms with Crippen molar-refractivity contribution in [3.63, 3.8) is 0 Å². The van der Waals surface area contributed by atoms with Crippen molar-refractivity contribution >= 4 is 34.4 Å². The summed E-state index contributed by atoms with van der Waals surface area (Å²) in [5.74, 6) is -0.574. The molecule has 124 valence electrons. The Morgan fingerprint density at radius 2 is 1.56 bits per heavy atom. The number of carbonyl (C=O) groups is 2. The number of rotatable bonds is 5. The van der Waals surface area contributed by atoms with Crippen LogP contribution in [0.5, 0.6) is 0 Å². The normalized spacial score (nSPS) is 10.7. The highest BCUT2D eigenvalue weighted by Gasteiger charge is 2.06. The van der Waals surface area contributed by atoms with Crippen molar-refractivity contribution < 1.29 is 9.59 Å². The summed E-state index contributed by atoms with van der Waals surface area (Å²) >= 11 is 0. The van der Waals surface area contributed by atoms with Crippen molar-refractivity contribution in [1.82, 2.24) is 5.32 Å². The van der Waals surface area contributed by atoms with Gasteiger partial charge in [-0.15, -0.1) is 0 Å². The lowest BCUT2D eigenvalue weighted by atomic mass is 10.1. The van der Waals surface area contributed by atoms with Gasteiger partial charge >= 0.3 is 0 Å². The van der Waals surface area contributed by atoms with E-state index in [0.717, 1.165) is 22.0 Å². The summed E-state index contributed by atoms with van der Waals surface area (Å²) in [7, 11) is 0. The van der Waals surface area contributed by atoms with Gasteiger partial charge in [0.25, 0.3) is 0 Å². The Kier molecular flexibility index (Phi) is 5.22. The molecule has 0 bridgehead atoms. The zero-order chi connectivity index (χ0) is 17.5. The topological polar surface area (TPSA) is 58.2 Å². The number of nitrogens with one attached hydrogen (secondary N) is 2. The van der Waals surface area contributed by atoms with Crippen molar-refractivity contribution in [2.24, 2.45) is 0 Å². The van der Waals surface area contributed by atoms with Gasteiger partial charge in [-0.2, -0.15) is 0 Å². The second kappa shape index (κ2) is 7.93. The van der Waals surface area contributed by atoms with Gasteiger partial charge in [0.2, 0.25) is 11.8 Å². The lowest BCUT2D eigenvalue weighted by molar-refractivity contribution is -0.121. The minimum absolute atomic E-state index is 0.0822. The molecule has 3 aromatic rings. The monoisotopic (exact) mass is 330 g/mol. The van der Waals surface area contributed by atoms with E-state index in [1.54, 1.807) is 6.08 Å². The van der Waals surface area contributed by atoms with Gasteiger partial charge in [0.15, 0.2) is 0 Å². The molecule has 0 fully saturated rings. The predicted molar refractivity (Wildman–Crippen MR) is 101 cm³/mol. The molecule has 0 saturated carbocycles. The van der Waals surface area contributed by atoms with E-state index in [1.165, 1.54) is 6.08 Å². The minimum atomic E-state index is -0.308. The van der Waals surface area contributed by atoms with E-state index in [0.29, 0.717) is 0 Å². The van der Waals surface area contributed by atoms with Gasteiger partial charge < -0.3 is 10.6 Å². The molecule has 0 aromatic heterocycles. The number of hydrogen-bond acceptors (Lipinski definition) is 2. The molecule has 0 spiro atoms. The van der Waals surface area contributed by atoms with Crippen LogP contribution in [-0.4, -0.2) is 18.4 Å². The van der Waals surface area contributed by atoms with E-state index in [-0.39, 0.29) is 18.4 Å². The number of fused-ring (bicyclic) bond motifs is 1. The highest BCUT2D eigenvalue weighted by atomic mass is 16.2. The lowest BCUT2D eigenvalue weighted by Gasteiger charge is -2.09. The molecule has 0 heterocycles. The van der Waals surface area contributed by atoms with Gasteiger partial charge in [-0.25, -0.2) is 0 Å². The SMILES string of the molecule is O=C(C=Cc1ccccc1)NCC(=O)Nc1cccc2ccccc12. The molecule has 2 N–H and O–H groups in total. The Labute approximate surface area is 146 Å². The molecule has 4 nitrogen and oxygen atoms in total. The van der Waals surface area contributed by atoms with Crippen LogP contribution in [0.4, 0.5) is 5.69 Å². The maximum absolute atomic E-state index is 12.1. The van der Waals surface area contributed by atoms with Crippen LogP contribution in [0.3, 0.4) is 0 Å². The van der Waals surface area contributed by atoms with Crippen molar-refractivity contribution in [2.75, 3.05) is 11.9 Å². The van der Waals surface area contributed by atoms with Crippen LogP contribution in [0, 0.1) is 0 Å². The van der Waals surface area contributed by atoms with Crippen molar-refractivity contribution in [1.29, 1.82) is 0 Å². The number of amides is 2. The van der Waals surface area contributed by atoms with Crippen LogP contribution < -0.4 is 10.6 Å². The van der Waals surface area contributed by atoms with E-state index < -0.39 is 0 Å². The van der Waals surface area contributed by atoms with Crippen molar-refractivity contribution in [2.45, 2.75) is 0 Å². The molecule has 0 radical (unpaired) electrons. The summed E-state index contributed by atoms with van der Waals surface area (Å²) in [6, 6.07) is 23.0. The standard InChI is InChI=1S/C21H18N2O2/c24-20(14-13-16-7-2-1-3-8-16)22-15-21(25)23-19-12-6-10-17-9-4-5-11-18(17)19/h1-14H,15H2,(H,22,24)(H,23,25). The van der Waals surface area contributed by atoms with Crippen LogP contribution in [-0.2, 0) is 9.59 Å². The molecule has 3 aromatic carbocycles. The molecule has 0 atom stereocenters. The van der Waals surface area contributed by atoms with Crippen LogP contribution in [0.1, 0.15) is 5.56 Å². The van der Waals surface area contributed by atoms with E-state index in [2.05, 4.69) is 10.6 Å². The second-order valence-corrected chi connectivity index (χ2v) is 5.54. The van der Waals surface area contributed by atoms with Gasteiger partial charge in [-0.3, -0.25) is 9.59 Å². The minimum Gasteiger partial charge on any atom is -0.343 e. The molecule has 0 unspecified atom stereocenters. The van der Waals surface area contributed by atoms with Crippen molar-refractivity contribution in [3.8, 4) is 0 Å². The highest BCUT2D eigenvalue weighted by molar-refractivity contribution is 6.04. The van der Waals surface area contributed by atoms with Gasteiger partial charge in [-0.05, 0) is 23.1 Å². The Bertz CT molecular complexity index is 912. The van der Waals surface area contributed by atoms with E-state index in [1.807, 2.05) is 72.8 Å². The first-order valence-electron chi connectivity index (χ1n) is 8.01. The molecule has 3 rings (SSSR count). The van der Waals surface area contributed by atoms with Crippen LogP contribution in [0.15, 0.2) is 78.9 Å². The summed E-state index contributed by atoms with van der Waals surface area (Å²) in [4.78, 5) is 23.9. The molecular weight excluding hydrogens is 312 g/mol. The summed E-state index contributed by atoms with van der Waals surface area (Å²) < 4.78 is 0. The smallest absolute Gasteiger partial charge is 0.244 e. The number of hydrogen-bond donors (Lipinski definition) is 2. The number of anilines is 1. The Hall–Kier alpha value is -3.40. The quantitative estimate of drug-likeness (QED) is 0.702. The number of carbonyl (C=O) groups excluding carboxylic acids is 2. The molecule has 0 aliphatic heterocycles. The maximum atomic E-state index is 12.1. The average molecular weight is 330 g/mol. The zero-order valence-corrected chi connectivity index (χ0v) is 13.6. The Balaban J connectivity index is 1.56. The summed E-state index contributed by atoms with van der Waals surface area (Å²) in [5, 5.41) is 7.44. The fraction of sp³-hybridized carbons (Fsp3) is 0.0476. The number of benzene rings is 3. The largest absolute Gasteiger partial charge is 0.343 e. The first kappa shape index (κ1) is 16.5. The molecule has 25 heavy (non-hydrogen) atoms. The first-order valence-corrected chi connectivity index (χ1v) is 8.01. The van der Waals surface area contributed by atoms with Crippen LogP contribution in [0.25, 0.3) is 16.8 Å². The second-order valence-electron chi connectivity index (χ2n) is 5.54. The highest BCUT2D eigenvalue weighted by Crippen LogP contribution is 2.22. The van der Waals surface area contributed by atoms with Gasteiger partial charge in [0.1, 0.15) is 0 Å². The van der Waals surface area contributed by atoms with Crippen molar-refractivity contribution in [3.05, 3.63) is 84.4 Å². The molecule has 2 amide bonds. The molecular formula is C21H18N2O2. The molecule has 0 aliphatic rings. The summed E-state index contributed by atoms with van der Waals surface area (Å²) in [6.07, 6.45) is 3.12. The van der Waals surface area contributed by atoms with E-state index in [9.17, 15) is 9.59 Å². The zero-order valence-electron chi connectivity index (χ0n) is 13.6. The third-order valence-corrected chi connectivity index (χ3v) is 3.71. The predicted octanol–water partition coefficient (Wildman–Crippen LogP) is 3.61. The van der Waals surface area contributed by atoms with Crippen LogP contribution in [0.2, 0.25) is 0 Å². The summed E-state index contributed by atoms with van der Waals surface area (Å²) in [6.45, 7) is -0.0822. The third kappa shape index (κ3) is 4.54. The first-order chi connectivity index (χ1) is 12.2. The fourth-order valence-corrected chi connectivity index (χ4v) is 2.49. The Morgan fingerprint density at radius 3 is 2.40 bits per heavy atom. The average Bonchev–Trinajstić information content (AvgIpc) is 2.66. The molecule has 4 heteroatoms. The van der Waals surface area contributed by atoms with E-state index in [4.69, 9.17) is 0 Å².